The second-order valence-electron chi connectivity index (χ2n) is 7.15. The molecule has 1 aliphatic carbocycles. The van der Waals surface area contributed by atoms with E-state index in [1.54, 1.807) is 31.2 Å². The Kier molecular flexibility index (Phi) is 5.56. The third kappa shape index (κ3) is 4.28. The minimum Gasteiger partial charge on any atom is -0.486 e. The van der Waals surface area contributed by atoms with Crippen LogP contribution in [0.25, 0.3) is 0 Å². The number of carbonyl (C=O) groups is 1. The van der Waals surface area contributed by atoms with Crippen LogP contribution in [0.4, 0.5) is 0 Å². The molecule has 1 aromatic carbocycles. The van der Waals surface area contributed by atoms with Gasteiger partial charge in [-0.3, -0.25) is 4.79 Å². The van der Waals surface area contributed by atoms with Gasteiger partial charge in [0.1, 0.15) is 27.8 Å². The van der Waals surface area contributed by atoms with Gasteiger partial charge in [-0.25, -0.2) is 4.98 Å². The first-order valence-corrected chi connectivity index (χ1v) is 10.6. The predicted octanol–water partition coefficient (Wildman–Crippen LogP) is 4.57. The Hall–Kier alpha value is -2.45. The lowest BCUT2D eigenvalue weighted by Gasteiger charge is -2.26. The lowest BCUT2D eigenvalue weighted by molar-refractivity contribution is 0.0895. The molecule has 1 amide bonds. The minimum atomic E-state index is -0.578. The van der Waals surface area contributed by atoms with Crippen molar-refractivity contribution in [2.75, 3.05) is 0 Å². The van der Waals surface area contributed by atoms with Gasteiger partial charge < -0.3 is 14.6 Å². The Bertz CT molecular complexity index is 1010. The summed E-state index contributed by atoms with van der Waals surface area (Å²) in [5.41, 5.74) is 0.102. The quantitative estimate of drug-likeness (QED) is 0.613. The molecular formula is C20H21ClN4O3S. The van der Waals surface area contributed by atoms with Crippen LogP contribution in [0.15, 0.2) is 28.8 Å². The highest BCUT2D eigenvalue weighted by Crippen LogP contribution is 2.38. The van der Waals surface area contributed by atoms with Gasteiger partial charge in [0.25, 0.3) is 5.91 Å². The molecule has 1 fully saturated rings. The van der Waals surface area contributed by atoms with Gasteiger partial charge in [-0.15, -0.1) is 11.3 Å². The molecule has 0 spiro atoms. The summed E-state index contributed by atoms with van der Waals surface area (Å²) in [4.78, 5) is 22.5. The number of thiazole rings is 1. The number of ether oxygens (including phenoxy) is 1. The van der Waals surface area contributed by atoms with E-state index >= 15 is 0 Å². The molecule has 0 saturated heterocycles. The maximum atomic E-state index is 13.0. The second-order valence-corrected chi connectivity index (χ2v) is 8.67. The van der Waals surface area contributed by atoms with Crippen molar-refractivity contribution in [2.45, 2.75) is 51.7 Å². The van der Waals surface area contributed by atoms with Crippen LogP contribution in [0.2, 0.25) is 5.02 Å². The summed E-state index contributed by atoms with van der Waals surface area (Å²) in [7, 11) is 0. The highest BCUT2D eigenvalue weighted by molar-refractivity contribution is 7.13. The third-order valence-electron chi connectivity index (χ3n) is 4.99. The zero-order valence-corrected chi connectivity index (χ0v) is 17.8. The van der Waals surface area contributed by atoms with Crippen molar-refractivity contribution in [3.63, 3.8) is 0 Å². The predicted molar refractivity (Wildman–Crippen MR) is 109 cm³/mol. The Morgan fingerprint density at radius 1 is 1.24 bits per heavy atom. The summed E-state index contributed by atoms with van der Waals surface area (Å²) in [5.74, 6) is 1.58. The highest BCUT2D eigenvalue weighted by Gasteiger charge is 2.41. The van der Waals surface area contributed by atoms with Crippen molar-refractivity contribution in [1.29, 1.82) is 0 Å². The number of hydrogen-bond acceptors (Lipinski definition) is 7. The van der Waals surface area contributed by atoms with Crippen molar-refractivity contribution in [2.24, 2.45) is 0 Å². The summed E-state index contributed by atoms with van der Waals surface area (Å²) >= 11 is 7.22. The normalized spacial score (nSPS) is 15.4. The van der Waals surface area contributed by atoms with Crippen LogP contribution in [-0.4, -0.2) is 21.0 Å². The standard InChI is InChI=1S/C20H21ClN4O3S/c1-12-17(29-16(22-12)11-27-15-7-5-14(21)6-8-15)18(26)24-20(9-3-4-10-20)19-23-13(2)28-25-19/h5-8H,3-4,9-11H2,1-2H3,(H,24,26). The fourth-order valence-corrected chi connectivity index (χ4v) is 4.55. The molecule has 4 rings (SSSR count). The van der Waals surface area contributed by atoms with Gasteiger partial charge in [-0.1, -0.05) is 29.6 Å². The van der Waals surface area contributed by atoms with Gasteiger partial charge in [-0.2, -0.15) is 4.98 Å². The van der Waals surface area contributed by atoms with E-state index in [2.05, 4.69) is 20.4 Å². The van der Waals surface area contributed by atoms with Crippen LogP contribution in [0.3, 0.4) is 0 Å². The summed E-state index contributed by atoms with van der Waals surface area (Å²) < 4.78 is 10.9. The number of halogens is 1. The first-order valence-electron chi connectivity index (χ1n) is 9.43. The van der Waals surface area contributed by atoms with E-state index in [9.17, 15) is 4.79 Å². The van der Waals surface area contributed by atoms with E-state index in [1.807, 2.05) is 6.92 Å². The van der Waals surface area contributed by atoms with Gasteiger partial charge in [0.2, 0.25) is 5.89 Å². The fourth-order valence-electron chi connectivity index (χ4n) is 3.55. The molecule has 3 aromatic rings. The van der Waals surface area contributed by atoms with E-state index < -0.39 is 5.54 Å². The van der Waals surface area contributed by atoms with E-state index in [1.165, 1.54) is 11.3 Å². The zero-order chi connectivity index (χ0) is 20.4. The molecule has 1 N–H and O–H groups in total. The van der Waals surface area contributed by atoms with Gasteiger partial charge in [0, 0.05) is 11.9 Å². The lowest BCUT2D eigenvalue weighted by Crippen LogP contribution is -2.44. The zero-order valence-electron chi connectivity index (χ0n) is 16.2. The fraction of sp³-hybridized carbons (Fsp3) is 0.400. The van der Waals surface area contributed by atoms with Crippen LogP contribution in [-0.2, 0) is 12.1 Å². The molecule has 29 heavy (non-hydrogen) atoms. The van der Waals surface area contributed by atoms with Gasteiger partial charge in [0.05, 0.1) is 5.69 Å². The van der Waals surface area contributed by atoms with Gasteiger partial charge >= 0.3 is 0 Å². The summed E-state index contributed by atoms with van der Waals surface area (Å²) in [6.07, 6.45) is 3.61. The maximum absolute atomic E-state index is 13.0. The SMILES string of the molecule is Cc1nc(C2(NC(=O)c3sc(COc4ccc(Cl)cc4)nc3C)CCCC2)no1. The molecule has 9 heteroatoms. The van der Waals surface area contributed by atoms with E-state index in [4.69, 9.17) is 20.9 Å². The number of aromatic nitrogens is 3. The van der Waals surface area contributed by atoms with Crippen LogP contribution in [0, 0.1) is 13.8 Å². The Balaban J connectivity index is 1.47. The maximum Gasteiger partial charge on any atom is 0.264 e. The van der Waals surface area contributed by atoms with Crippen LogP contribution < -0.4 is 10.1 Å². The minimum absolute atomic E-state index is 0.165. The number of rotatable bonds is 6. The number of benzene rings is 1. The number of amides is 1. The Labute approximate surface area is 177 Å². The van der Waals surface area contributed by atoms with Crippen molar-refractivity contribution >= 4 is 28.8 Å². The van der Waals surface area contributed by atoms with E-state index in [0.29, 0.717) is 33.1 Å². The Morgan fingerprint density at radius 2 is 1.97 bits per heavy atom. The molecule has 7 nitrogen and oxygen atoms in total. The van der Waals surface area contributed by atoms with Crippen molar-refractivity contribution in [3.8, 4) is 5.75 Å². The summed E-state index contributed by atoms with van der Waals surface area (Å²) in [6, 6.07) is 7.13. The molecule has 0 radical (unpaired) electrons. The van der Waals surface area contributed by atoms with Crippen LogP contribution in [0.5, 0.6) is 5.75 Å². The molecule has 1 aliphatic rings. The average molecular weight is 433 g/mol. The summed E-state index contributed by atoms with van der Waals surface area (Å²) in [6.45, 7) is 3.87. The molecule has 0 bridgehead atoms. The van der Waals surface area contributed by atoms with Crippen LogP contribution >= 0.6 is 22.9 Å². The number of nitrogens with one attached hydrogen (secondary N) is 1. The van der Waals surface area contributed by atoms with E-state index in [-0.39, 0.29) is 12.5 Å². The largest absolute Gasteiger partial charge is 0.486 e. The van der Waals surface area contributed by atoms with Crippen LogP contribution in [0.1, 0.15) is 57.8 Å². The molecule has 1 saturated carbocycles. The van der Waals surface area contributed by atoms with E-state index in [0.717, 1.165) is 30.7 Å². The first kappa shape index (κ1) is 19.8. The van der Waals surface area contributed by atoms with Crippen molar-refractivity contribution in [1.82, 2.24) is 20.4 Å². The smallest absolute Gasteiger partial charge is 0.264 e. The number of nitrogens with zero attached hydrogens (tertiary/aromatic N) is 3. The lowest BCUT2D eigenvalue weighted by atomic mass is 9.96. The molecule has 0 aliphatic heterocycles. The number of carbonyl (C=O) groups excluding carboxylic acids is 1. The number of aryl methyl sites for hydroxylation is 2. The highest BCUT2D eigenvalue weighted by atomic mass is 35.5. The average Bonchev–Trinajstić information content (AvgIpc) is 3.42. The second kappa shape index (κ2) is 8.12. The van der Waals surface area contributed by atoms with Gasteiger partial charge in [-0.05, 0) is 44.0 Å². The molecule has 2 aromatic heterocycles. The Morgan fingerprint density at radius 3 is 2.62 bits per heavy atom. The molecule has 0 atom stereocenters. The van der Waals surface area contributed by atoms with Crippen molar-refractivity contribution in [3.05, 3.63) is 56.6 Å². The molecule has 2 heterocycles. The topological polar surface area (TPSA) is 90.1 Å². The van der Waals surface area contributed by atoms with Crippen molar-refractivity contribution < 1.29 is 14.1 Å². The third-order valence-corrected chi connectivity index (χ3v) is 6.37. The molecule has 0 unspecified atom stereocenters. The number of hydrogen-bond donors (Lipinski definition) is 1. The molecule has 152 valence electrons. The molecular weight excluding hydrogens is 412 g/mol. The van der Waals surface area contributed by atoms with Gasteiger partial charge in [0.15, 0.2) is 5.82 Å². The summed E-state index contributed by atoms with van der Waals surface area (Å²) in [5, 5.41) is 8.62. The first-order chi connectivity index (χ1) is 13.9. The monoisotopic (exact) mass is 432 g/mol.